The molecule has 14 heteroatoms. The lowest BCUT2D eigenvalue weighted by Crippen LogP contribution is -2.44. The van der Waals surface area contributed by atoms with Crippen molar-refractivity contribution in [3.63, 3.8) is 0 Å². The number of anilines is 2. The molecule has 4 aromatic rings. The molecule has 42 heavy (non-hydrogen) atoms. The van der Waals surface area contributed by atoms with Crippen LogP contribution >= 0.6 is 0 Å². The van der Waals surface area contributed by atoms with Crippen LogP contribution in [0.4, 0.5) is 29.2 Å². The maximum absolute atomic E-state index is 15.1. The fraction of sp³-hybridized carbons (Fsp3) is 0.250. The van der Waals surface area contributed by atoms with E-state index in [9.17, 15) is 21.6 Å². The van der Waals surface area contributed by atoms with Crippen molar-refractivity contribution in [2.24, 2.45) is 5.92 Å². The Labute approximate surface area is 239 Å². The quantitative estimate of drug-likeness (QED) is 0.171. The number of ether oxygens (including phenoxy) is 1. The van der Waals surface area contributed by atoms with Gasteiger partial charge in [0.1, 0.15) is 5.69 Å². The first-order valence-corrected chi connectivity index (χ1v) is 14.6. The number of nitrogens with zero attached hydrogens (tertiary/aromatic N) is 3. The van der Waals surface area contributed by atoms with Gasteiger partial charge in [-0.25, -0.2) is 32.2 Å². The summed E-state index contributed by atoms with van der Waals surface area (Å²) in [6, 6.07) is 13.1. The number of benzene rings is 2. The van der Waals surface area contributed by atoms with Gasteiger partial charge in [0.15, 0.2) is 17.4 Å². The Morgan fingerprint density at radius 3 is 2.57 bits per heavy atom. The topological polar surface area (TPSA) is 118 Å². The van der Waals surface area contributed by atoms with Gasteiger partial charge in [0, 0.05) is 43.5 Å². The van der Waals surface area contributed by atoms with Crippen molar-refractivity contribution in [1.82, 2.24) is 20.3 Å². The van der Waals surface area contributed by atoms with Gasteiger partial charge >= 0.3 is 0 Å². The summed E-state index contributed by atoms with van der Waals surface area (Å²) < 4.78 is 90.3. The van der Waals surface area contributed by atoms with Crippen LogP contribution in [0.2, 0.25) is 0 Å². The molecule has 9 nitrogen and oxygen atoms in total. The van der Waals surface area contributed by atoms with E-state index in [0.29, 0.717) is 36.8 Å². The van der Waals surface area contributed by atoms with E-state index in [-0.39, 0.29) is 29.4 Å². The van der Waals surface area contributed by atoms with Crippen LogP contribution in [0.25, 0.3) is 11.3 Å². The summed E-state index contributed by atoms with van der Waals surface area (Å²) in [7, 11) is -4.28. The molecule has 1 aliphatic heterocycles. The maximum atomic E-state index is 15.1. The van der Waals surface area contributed by atoms with Gasteiger partial charge in [0.2, 0.25) is 27.7 Å². The van der Waals surface area contributed by atoms with Crippen molar-refractivity contribution in [3.8, 4) is 22.9 Å². The molecule has 0 aliphatic carbocycles. The molecule has 2 atom stereocenters. The highest BCUT2D eigenvalue weighted by atomic mass is 32.2. The normalized spacial score (nSPS) is 17.0. The van der Waals surface area contributed by atoms with E-state index in [0.717, 1.165) is 0 Å². The summed E-state index contributed by atoms with van der Waals surface area (Å²) in [6.45, 7) is 0.741. The van der Waals surface area contributed by atoms with Crippen molar-refractivity contribution in [2.75, 3.05) is 29.8 Å². The molecular weight excluding hydrogens is 576 g/mol. The molecular formula is C28H26F4N6O3S. The molecule has 5 rings (SSSR count). The highest BCUT2D eigenvalue weighted by Gasteiger charge is 2.26. The van der Waals surface area contributed by atoms with Crippen LogP contribution in [0, 0.1) is 23.4 Å². The molecule has 0 bridgehead atoms. The summed E-state index contributed by atoms with van der Waals surface area (Å²) >= 11 is 0. The number of sulfonamides is 1. The molecule has 1 fully saturated rings. The standard InChI is InChI=1S/C28H26F4N6O3S/c29-13-18-11-19(15-33-14-18)36-28-35-10-8-22(37-28)20-7-4-9-34-27(20)41-23-12-21(30)26(25(32)24(23)31)38-42(39,40)16-17-5-2-1-3-6-17/h1-10,12,18-19,33,38H,11,13-16H2,(H,35,36,37)/t18-,19?/m0/s1. The lowest BCUT2D eigenvalue weighted by Gasteiger charge is -2.29. The van der Waals surface area contributed by atoms with E-state index in [4.69, 9.17) is 4.74 Å². The molecule has 2 aromatic heterocycles. The van der Waals surface area contributed by atoms with Gasteiger partial charge < -0.3 is 15.4 Å². The number of rotatable bonds is 10. The first-order valence-electron chi connectivity index (χ1n) is 12.9. The Balaban J connectivity index is 1.37. The van der Waals surface area contributed by atoms with E-state index in [1.807, 2.05) is 0 Å². The van der Waals surface area contributed by atoms with Crippen LogP contribution in [0.15, 0.2) is 67.0 Å². The minimum Gasteiger partial charge on any atom is -0.435 e. The predicted octanol–water partition coefficient (Wildman–Crippen LogP) is 5.05. The predicted molar refractivity (Wildman–Crippen MR) is 149 cm³/mol. The highest BCUT2D eigenvalue weighted by Crippen LogP contribution is 2.36. The van der Waals surface area contributed by atoms with E-state index >= 15 is 4.39 Å². The molecule has 1 saturated heterocycles. The first-order chi connectivity index (χ1) is 20.2. The van der Waals surface area contributed by atoms with Crippen molar-refractivity contribution in [3.05, 3.63) is 90.0 Å². The Bertz CT molecular complexity index is 1660. The van der Waals surface area contributed by atoms with E-state index in [1.54, 1.807) is 41.1 Å². The number of hydrogen-bond acceptors (Lipinski definition) is 8. The second-order valence-electron chi connectivity index (χ2n) is 9.69. The summed E-state index contributed by atoms with van der Waals surface area (Å²) in [4.78, 5) is 12.7. The SMILES string of the molecule is O=S(=O)(Cc1ccccc1)Nc1c(F)cc(Oc2ncccc2-c2ccnc(NC3CNC[C@H](CF)C3)n2)c(F)c1F. The molecule has 0 spiro atoms. The number of aromatic nitrogens is 3. The molecule has 3 heterocycles. The molecule has 0 saturated carbocycles. The Hall–Kier alpha value is -4.30. The van der Waals surface area contributed by atoms with Crippen LogP contribution < -0.4 is 20.1 Å². The van der Waals surface area contributed by atoms with Crippen LogP contribution in [-0.4, -0.2) is 49.2 Å². The molecule has 1 aliphatic rings. The molecule has 0 radical (unpaired) electrons. The van der Waals surface area contributed by atoms with E-state index < -0.39 is 51.3 Å². The van der Waals surface area contributed by atoms with Crippen molar-refractivity contribution >= 4 is 21.7 Å². The smallest absolute Gasteiger partial charge is 0.237 e. The lowest BCUT2D eigenvalue weighted by molar-refractivity contribution is 0.282. The van der Waals surface area contributed by atoms with Gasteiger partial charge in [0.05, 0.1) is 23.7 Å². The molecule has 3 N–H and O–H groups in total. The summed E-state index contributed by atoms with van der Waals surface area (Å²) in [5.41, 5.74) is -0.223. The zero-order valence-corrected chi connectivity index (χ0v) is 22.8. The third kappa shape index (κ3) is 6.94. The number of nitrogens with one attached hydrogen (secondary N) is 3. The minimum absolute atomic E-state index is 0.108. The highest BCUT2D eigenvalue weighted by molar-refractivity contribution is 7.91. The maximum Gasteiger partial charge on any atom is 0.237 e. The zero-order chi connectivity index (χ0) is 29.7. The Morgan fingerprint density at radius 1 is 0.976 bits per heavy atom. The third-order valence-electron chi connectivity index (χ3n) is 6.48. The molecule has 220 valence electrons. The first kappa shape index (κ1) is 29.2. The summed E-state index contributed by atoms with van der Waals surface area (Å²) in [5.74, 6) is -6.30. The van der Waals surface area contributed by atoms with Crippen LogP contribution in [-0.2, 0) is 15.8 Å². The van der Waals surface area contributed by atoms with Crippen LogP contribution in [0.1, 0.15) is 12.0 Å². The molecule has 1 unspecified atom stereocenters. The second kappa shape index (κ2) is 12.7. The van der Waals surface area contributed by atoms with Gasteiger partial charge in [0.25, 0.3) is 0 Å². The number of halogens is 4. The number of piperidine rings is 1. The molecule has 0 amide bonds. The number of pyridine rings is 1. The summed E-state index contributed by atoms with van der Waals surface area (Å²) in [5, 5.41) is 6.32. The van der Waals surface area contributed by atoms with Gasteiger partial charge in [-0.15, -0.1) is 0 Å². The van der Waals surface area contributed by atoms with Gasteiger partial charge in [-0.2, -0.15) is 4.39 Å². The third-order valence-corrected chi connectivity index (χ3v) is 7.71. The van der Waals surface area contributed by atoms with Gasteiger partial charge in [-0.05, 0) is 30.2 Å². The van der Waals surface area contributed by atoms with E-state index in [2.05, 4.69) is 25.6 Å². The van der Waals surface area contributed by atoms with Crippen molar-refractivity contribution < 1.29 is 30.7 Å². The van der Waals surface area contributed by atoms with Gasteiger partial charge in [-0.3, -0.25) is 9.11 Å². The average Bonchev–Trinajstić information content (AvgIpc) is 2.99. The minimum atomic E-state index is -4.28. The van der Waals surface area contributed by atoms with Gasteiger partial charge in [-0.1, -0.05) is 30.3 Å². The van der Waals surface area contributed by atoms with Crippen LogP contribution in [0.5, 0.6) is 11.6 Å². The average molecular weight is 603 g/mol. The fourth-order valence-electron chi connectivity index (χ4n) is 4.52. The fourth-order valence-corrected chi connectivity index (χ4v) is 5.72. The van der Waals surface area contributed by atoms with E-state index in [1.165, 1.54) is 24.5 Å². The van der Waals surface area contributed by atoms with Crippen LogP contribution in [0.3, 0.4) is 0 Å². The number of hydrogen-bond donors (Lipinski definition) is 3. The number of alkyl halides is 1. The Morgan fingerprint density at radius 2 is 1.79 bits per heavy atom. The monoisotopic (exact) mass is 602 g/mol. The second-order valence-corrected chi connectivity index (χ2v) is 11.4. The molecule has 2 aromatic carbocycles. The van der Waals surface area contributed by atoms with Crippen molar-refractivity contribution in [2.45, 2.75) is 18.2 Å². The zero-order valence-electron chi connectivity index (χ0n) is 22.0. The summed E-state index contributed by atoms with van der Waals surface area (Å²) in [6.07, 6.45) is 3.40. The largest absolute Gasteiger partial charge is 0.435 e. The van der Waals surface area contributed by atoms with Crippen molar-refractivity contribution in [1.29, 1.82) is 0 Å². The lowest BCUT2D eigenvalue weighted by atomic mass is 9.97. The Kier molecular flexibility index (Phi) is 8.83.